The quantitative estimate of drug-likeness (QED) is 0.155. The van der Waals surface area contributed by atoms with Crippen molar-refractivity contribution in [2.24, 2.45) is 0 Å². The van der Waals surface area contributed by atoms with Crippen LogP contribution in [0, 0.1) is 0 Å². The molecule has 0 bridgehead atoms. The maximum atomic E-state index is 13.4. The van der Waals surface area contributed by atoms with E-state index in [1.807, 2.05) is 30.3 Å². The zero-order valence-corrected chi connectivity index (χ0v) is 22.8. The lowest BCUT2D eigenvalue weighted by atomic mass is 10.1. The van der Waals surface area contributed by atoms with Crippen LogP contribution < -0.4 is 4.90 Å². The summed E-state index contributed by atoms with van der Waals surface area (Å²) >= 11 is 16.5. The SMILES string of the molecule is O=C1/C(=C/c2cn(Cc3ccc4ccccc4c3)c3ccccc23)SC(=S)N1c1ccc(Br)c(Cl)c1. The highest BCUT2D eigenvalue weighted by Gasteiger charge is 2.33. The highest BCUT2D eigenvalue weighted by Crippen LogP contribution is 2.39. The van der Waals surface area contributed by atoms with Gasteiger partial charge in [0.1, 0.15) is 0 Å². The normalized spacial score (nSPS) is 15.1. The molecule has 1 aromatic heterocycles. The average Bonchev–Trinajstić information content (AvgIpc) is 3.37. The second-order valence-corrected chi connectivity index (χ2v) is 11.5. The Hall–Kier alpha value is -2.90. The van der Waals surface area contributed by atoms with Crippen LogP contribution in [0.4, 0.5) is 5.69 Å². The van der Waals surface area contributed by atoms with Crippen LogP contribution in [0.1, 0.15) is 11.1 Å². The molecule has 0 spiro atoms. The third-order valence-corrected chi connectivity index (χ3v) is 8.76. The topological polar surface area (TPSA) is 25.2 Å². The van der Waals surface area contributed by atoms with Crippen molar-refractivity contribution < 1.29 is 4.79 Å². The van der Waals surface area contributed by atoms with Gasteiger partial charge in [-0.05, 0) is 68.7 Å². The summed E-state index contributed by atoms with van der Waals surface area (Å²) in [6.45, 7) is 0.734. The number of amides is 1. The van der Waals surface area contributed by atoms with E-state index in [4.69, 9.17) is 23.8 Å². The maximum Gasteiger partial charge on any atom is 0.270 e. The maximum absolute atomic E-state index is 13.4. The lowest BCUT2D eigenvalue weighted by Crippen LogP contribution is -2.27. The minimum Gasteiger partial charge on any atom is -0.342 e. The molecule has 7 heteroatoms. The second kappa shape index (κ2) is 9.52. The molecule has 176 valence electrons. The molecule has 4 aromatic carbocycles. The van der Waals surface area contributed by atoms with Crippen molar-refractivity contribution in [2.75, 3.05) is 4.90 Å². The fourth-order valence-corrected chi connectivity index (χ4v) is 6.22. The van der Waals surface area contributed by atoms with E-state index in [-0.39, 0.29) is 5.91 Å². The molecule has 0 aliphatic carbocycles. The molecule has 1 aliphatic heterocycles. The molecule has 0 saturated carbocycles. The predicted octanol–water partition coefficient (Wildman–Crippen LogP) is 8.66. The largest absolute Gasteiger partial charge is 0.342 e. The number of anilines is 1. The lowest BCUT2D eigenvalue weighted by molar-refractivity contribution is -0.113. The number of aromatic nitrogens is 1. The van der Waals surface area contributed by atoms with Gasteiger partial charge in [-0.15, -0.1) is 0 Å². The molecular weight excluding hydrogens is 572 g/mol. The minimum atomic E-state index is -0.144. The van der Waals surface area contributed by atoms with Crippen LogP contribution in [-0.4, -0.2) is 14.8 Å². The molecule has 0 radical (unpaired) electrons. The van der Waals surface area contributed by atoms with Crippen LogP contribution in [0.25, 0.3) is 27.8 Å². The Morgan fingerprint density at radius 3 is 2.56 bits per heavy atom. The molecule has 36 heavy (non-hydrogen) atoms. The number of fused-ring (bicyclic) bond motifs is 2. The lowest BCUT2D eigenvalue weighted by Gasteiger charge is -2.15. The molecular formula is C29H18BrClN2OS2. The first-order valence-corrected chi connectivity index (χ1v) is 13.7. The van der Waals surface area contributed by atoms with Crippen molar-refractivity contribution >= 4 is 95.2 Å². The molecule has 5 aromatic rings. The first kappa shape index (κ1) is 23.5. The van der Waals surface area contributed by atoms with E-state index in [1.165, 1.54) is 28.1 Å². The van der Waals surface area contributed by atoms with Crippen LogP contribution in [0.15, 0.2) is 101 Å². The summed E-state index contributed by atoms with van der Waals surface area (Å²) in [4.78, 5) is 15.5. The standard InChI is InChI=1S/C29H18BrClN2OS2/c30-24-12-11-22(15-25(24)31)33-28(34)27(36-29(33)35)14-21-17-32(26-8-4-3-7-23(21)26)16-18-9-10-19-5-1-2-6-20(19)13-18/h1-15,17H,16H2/b27-14-. The van der Waals surface area contributed by atoms with Crippen molar-refractivity contribution in [1.29, 1.82) is 0 Å². The highest BCUT2D eigenvalue weighted by atomic mass is 79.9. The summed E-state index contributed by atoms with van der Waals surface area (Å²) in [5.41, 5.74) is 3.99. The number of hydrogen-bond acceptors (Lipinski definition) is 3. The zero-order chi connectivity index (χ0) is 24.8. The first-order chi connectivity index (χ1) is 17.5. The number of carbonyl (C=O) groups excluding carboxylic acids is 1. The fraction of sp³-hybridized carbons (Fsp3) is 0.0345. The van der Waals surface area contributed by atoms with Gasteiger partial charge >= 0.3 is 0 Å². The predicted molar refractivity (Wildman–Crippen MR) is 160 cm³/mol. The number of para-hydroxylation sites is 1. The van der Waals surface area contributed by atoms with Gasteiger partial charge in [-0.3, -0.25) is 9.69 Å². The molecule has 6 rings (SSSR count). The van der Waals surface area contributed by atoms with Crippen LogP contribution in [0.2, 0.25) is 5.02 Å². The van der Waals surface area contributed by atoms with E-state index >= 15 is 0 Å². The van der Waals surface area contributed by atoms with E-state index in [2.05, 4.69) is 81.3 Å². The van der Waals surface area contributed by atoms with Gasteiger partial charge in [-0.25, -0.2) is 0 Å². The number of hydrogen-bond donors (Lipinski definition) is 0. The van der Waals surface area contributed by atoms with E-state index < -0.39 is 0 Å². The molecule has 2 heterocycles. The summed E-state index contributed by atoms with van der Waals surface area (Å²) in [6.07, 6.45) is 4.06. The fourth-order valence-electron chi connectivity index (χ4n) is 4.51. The number of carbonyl (C=O) groups is 1. The van der Waals surface area contributed by atoms with Crippen molar-refractivity contribution in [3.05, 3.63) is 117 Å². The van der Waals surface area contributed by atoms with Gasteiger partial charge in [0.2, 0.25) is 0 Å². The number of thioether (sulfide) groups is 1. The van der Waals surface area contributed by atoms with E-state index in [9.17, 15) is 4.79 Å². The van der Waals surface area contributed by atoms with Gasteiger partial charge in [0.05, 0.1) is 15.6 Å². The molecule has 3 nitrogen and oxygen atoms in total. The van der Waals surface area contributed by atoms with E-state index in [0.717, 1.165) is 27.5 Å². The van der Waals surface area contributed by atoms with Crippen molar-refractivity contribution in [2.45, 2.75) is 6.54 Å². The third-order valence-electron chi connectivity index (χ3n) is 6.23. The molecule has 1 fully saturated rings. The molecule has 0 atom stereocenters. The van der Waals surface area contributed by atoms with Crippen molar-refractivity contribution in [1.82, 2.24) is 4.57 Å². The molecule has 1 saturated heterocycles. The van der Waals surface area contributed by atoms with Gasteiger partial charge in [0.15, 0.2) is 4.32 Å². The second-order valence-electron chi connectivity index (χ2n) is 8.53. The molecule has 1 aliphatic rings. The van der Waals surface area contributed by atoms with Crippen LogP contribution in [0.5, 0.6) is 0 Å². The number of benzene rings is 4. The minimum absolute atomic E-state index is 0.144. The van der Waals surface area contributed by atoms with E-state index in [0.29, 0.717) is 19.9 Å². The third kappa shape index (κ3) is 4.28. The Kier molecular flexibility index (Phi) is 6.21. The van der Waals surface area contributed by atoms with Crippen LogP contribution in [-0.2, 0) is 11.3 Å². The molecule has 0 unspecified atom stereocenters. The number of thiocarbonyl (C=S) groups is 1. The van der Waals surface area contributed by atoms with Crippen LogP contribution in [0.3, 0.4) is 0 Å². The van der Waals surface area contributed by atoms with Gasteiger partial charge < -0.3 is 4.57 Å². The van der Waals surface area contributed by atoms with Gasteiger partial charge in [0, 0.05) is 33.7 Å². The van der Waals surface area contributed by atoms with E-state index in [1.54, 1.807) is 11.0 Å². The number of halogens is 2. The van der Waals surface area contributed by atoms with Gasteiger partial charge in [-0.1, -0.05) is 90.2 Å². The smallest absolute Gasteiger partial charge is 0.270 e. The Balaban J connectivity index is 1.36. The Labute approximate surface area is 231 Å². The van der Waals surface area contributed by atoms with Crippen molar-refractivity contribution in [3.8, 4) is 0 Å². The van der Waals surface area contributed by atoms with Gasteiger partial charge in [-0.2, -0.15) is 0 Å². The number of nitrogens with zero attached hydrogens (tertiary/aromatic N) is 2. The first-order valence-electron chi connectivity index (χ1n) is 11.3. The summed E-state index contributed by atoms with van der Waals surface area (Å²) in [5.74, 6) is -0.144. The summed E-state index contributed by atoms with van der Waals surface area (Å²) in [5, 5.41) is 4.08. The summed E-state index contributed by atoms with van der Waals surface area (Å²) in [7, 11) is 0. The number of rotatable bonds is 4. The highest BCUT2D eigenvalue weighted by molar-refractivity contribution is 9.10. The summed E-state index contributed by atoms with van der Waals surface area (Å²) < 4.78 is 3.50. The monoisotopic (exact) mass is 588 g/mol. The Morgan fingerprint density at radius 1 is 0.944 bits per heavy atom. The van der Waals surface area contributed by atoms with Crippen LogP contribution >= 0.6 is 51.5 Å². The average molecular weight is 590 g/mol. The van der Waals surface area contributed by atoms with Gasteiger partial charge in [0.25, 0.3) is 5.91 Å². The molecule has 0 N–H and O–H groups in total. The Bertz CT molecular complexity index is 1730. The van der Waals surface area contributed by atoms with Crippen molar-refractivity contribution in [3.63, 3.8) is 0 Å². The Morgan fingerprint density at radius 2 is 1.72 bits per heavy atom. The molecule has 1 amide bonds. The zero-order valence-electron chi connectivity index (χ0n) is 18.8. The summed E-state index contributed by atoms with van der Waals surface area (Å²) in [6, 6.07) is 28.6.